The lowest BCUT2D eigenvalue weighted by Gasteiger charge is -2.37. The summed E-state index contributed by atoms with van der Waals surface area (Å²) in [4.78, 5) is 4.30. The van der Waals surface area contributed by atoms with Gasteiger partial charge in [-0.15, -0.1) is 0 Å². The van der Waals surface area contributed by atoms with E-state index in [1.807, 2.05) is 11.0 Å². The number of nitrogens with zero attached hydrogens (tertiary/aromatic N) is 3. The molecule has 4 nitrogen and oxygen atoms in total. The minimum atomic E-state index is -0.330. The summed E-state index contributed by atoms with van der Waals surface area (Å²) in [6.07, 6.45) is 5.83. The predicted molar refractivity (Wildman–Crippen MR) is 92.3 cm³/mol. The minimum Gasteiger partial charge on any atom is -0.392 e. The molecule has 1 atom stereocenters. The maximum Gasteiger partial charge on any atom is 0.147 e. The summed E-state index contributed by atoms with van der Waals surface area (Å²) in [6, 6.07) is 6.62. The lowest BCUT2D eigenvalue weighted by atomic mass is 9.99. The highest BCUT2D eigenvalue weighted by molar-refractivity contribution is 5.51. The third kappa shape index (κ3) is 4.25. The van der Waals surface area contributed by atoms with Crippen LogP contribution < -0.4 is 4.90 Å². The van der Waals surface area contributed by atoms with Crippen molar-refractivity contribution in [3.05, 3.63) is 29.6 Å². The third-order valence-electron chi connectivity index (χ3n) is 5.34. The molecule has 0 amide bonds. The molecule has 5 heteroatoms. The lowest BCUT2D eigenvalue weighted by molar-refractivity contribution is 0.0884. The van der Waals surface area contributed by atoms with Crippen LogP contribution in [-0.2, 0) is 0 Å². The molecular formula is C19H26FN3O. The third-order valence-corrected chi connectivity index (χ3v) is 5.34. The van der Waals surface area contributed by atoms with Crippen LogP contribution in [0.15, 0.2) is 18.2 Å². The number of hydrogen-bond donors (Lipinski definition) is 1. The summed E-state index contributed by atoms with van der Waals surface area (Å²) in [5.74, 6) is 0.373. The summed E-state index contributed by atoms with van der Waals surface area (Å²) in [6.45, 7) is 3.89. The number of aliphatic hydroxyl groups excluding tert-OH is 1. The van der Waals surface area contributed by atoms with Crippen molar-refractivity contribution in [2.75, 3.05) is 37.6 Å². The Labute approximate surface area is 143 Å². The molecule has 1 unspecified atom stereocenters. The molecule has 1 heterocycles. The molecule has 0 bridgehead atoms. The Hall–Kier alpha value is -1.64. The summed E-state index contributed by atoms with van der Waals surface area (Å²) >= 11 is 0. The predicted octanol–water partition coefficient (Wildman–Crippen LogP) is 2.76. The van der Waals surface area contributed by atoms with Crippen LogP contribution in [0.5, 0.6) is 0 Å². The van der Waals surface area contributed by atoms with E-state index in [0.717, 1.165) is 39.1 Å². The van der Waals surface area contributed by atoms with E-state index in [-0.39, 0.29) is 11.9 Å². The van der Waals surface area contributed by atoms with Crippen molar-refractivity contribution in [2.24, 2.45) is 5.92 Å². The first-order valence-electron chi connectivity index (χ1n) is 9.00. The van der Waals surface area contributed by atoms with Crippen LogP contribution in [-0.4, -0.2) is 48.8 Å². The van der Waals surface area contributed by atoms with E-state index in [9.17, 15) is 9.50 Å². The molecule has 0 spiro atoms. The van der Waals surface area contributed by atoms with Crippen molar-refractivity contribution >= 4 is 5.69 Å². The van der Waals surface area contributed by atoms with Crippen molar-refractivity contribution in [2.45, 2.75) is 38.2 Å². The van der Waals surface area contributed by atoms with Gasteiger partial charge in [-0.25, -0.2) is 4.39 Å². The molecule has 1 aromatic carbocycles. The molecule has 1 aromatic rings. The van der Waals surface area contributed by atoms with E-state index in [1.54, 1.807) is 12.1 Å². The summed E-state index contributed by atoms with van der Waals surface area (Å²) < 4.78 is 14.1. The Morgan fingerprint density at radius 3 is 2.54 bits per heavy atom. The van der Waals surface area contributed by atoms with Gasteiger partial charge in [-0.1, -0.05) is 25.7 Å². The SMILES string of the molecule is N#Cc1ccc(N2CCN(CC(O)CC3CCCC3)CC2)c(F)c1. The van der Waals surface area contributed by atoms with Crippen LogP contribution in [0, 0.1) is 23.1 Å². The second kappa shape index (κ2) is 7.96. The van der Waals surface area contributed by atoms with Crippen LogP contribution in [0.4, 0.5) is 10.1 Å². The fourth-order valence-electron chi connectivity index (χ4n) is 4.01. The van der Waals surface area contributed by atoms with Crippen LogP contribution in [0.1, 0.15) is 37.7 Å². The average molecular weight is 331 g/mol. The molecule has 0 radical (unpaired) electrons. The van der Waals surface area contributed by atoms with Crippen molar-refractivity contribution in [3.63, 3.8) is 0 Å². The first-order valence-corrected chi connectivity index (χ1v) is 9.00. The fourth-order valence-corrected chi connectivity index (χ4v) is 4.01. The Bertz CT molecular complexity index is 587. The second-order valence-corrected chi connectivity index (χ2v) is 7.11. The van der Waals surface area contributed by atoms with Gasteiger partial charge in [0.15, 0.2) is 0 Å². The first kappa shape index (κ1) is 17.2. The first-order chi connectivity index (χ1) is 11.7. The van der Waals surface area contributed by atoms with Gasteiger partial charge in [-0.2, -0.15) is 5.26 Å². The van der Waals surface area contributed by atoms with Crippen molar-refractivity contribution in [1.82, 2.24) is 4.90 Å². The number of benzene rings is 1. The average Bonchev–Trinajstić information content (AvgIpc) is 3.08. The van der Waals surface area contributed by atoms with Gasteiger partial charge in [-0.3, -0.25) is 4.90 Å². The molecule has 0 aromatic heterocycles. The van der Waals surface area contributed by atoms with E-state index in [1.165, 1.54) is 31.7 Å². The van der Waals surface area contributed by atoms with Crippen molar-refractivity contribution < 1.29 is 9.50 Å². The molecular weight excluding hydrogens is 305 g/mol. The number of β-amino-alcohol motifs (C(OH)–C–C–N with tert-alkyl or cyclic N) is 1. The topological polar surface area (TPSA) is 50.5 Å². The quantitative estimate of drug-likeness (QED) is 0.901. The maximum atomic E-state index is 14.1. The molecule has 1 N–H and O–H groups in total. The number of rotatable bonds is 5. The summed E-state index contributed by atoms with van der Waals surface area (Å²) in [5.41, 5.74) is 0.921. The highest BCUT2D eigenvalue weighted by atomic mass is 19.1. The molecule has 130 valence electrons. The number of aliphatic hydroxyl groups is 1. The van der Waals surface area contributed by atoms with E-state index in [2.05, 4.69) is 4.90 Å². The number of hydrogen-bond acceptors (Lipinski definition) is 4. The molecule has 2 fully saturated rings. The van der Waals surface area contributed by atoms with Gasteiger partial charge in [-0.05, 0) is 30.5 Å². The maximum absolute atomic E-state index is 14.1. The summed E-state index contributed by atoms with van der Waals surface area (Å²) in [5, 5.41) is 19.1. The molecule has 1 aliphatic heterocycles. The van der Waals surface area contributed by atoms with Gasteiger partial charge in [0.2, 0.25) is 0 Å². The molecule has 1 saturated heterocycles. The van der Waals surface area contributed by atoms with Gasteiger partial charge in [0, 0.05) is 32.7 Å². The zero-order valence-electron chi connectivity index (χ0n) is 14.1. The van der Waals surface area contributed by atoms with Gasteiger partial charge in [0.1, 0.15) is 5.82 Å². The zero-order valence-corrected chi connectivity index (χ0v) is 14.1. The van der Waals surface area contributed by atoms with Crippen LogP contribution >= 0.6 is 0 Å². The van der Waals surface area contributed by atoms with Crippen LogP contribution in [0.2, 0.25) is 0 Å². The standard InChI is InChI=1S/C19H26FN3O/c20-18-12-16(13-21)5-6-19(18)23-9-7-22(8-10-23)14-17(24)11-15-3-1-2-4-15/h5-6,12,15,17,24H,1-4,7-11,14H2. The Morgan fingerprint density at radius 1 is 1.21 bits per heavy atom. The smallest absolute Gasteiger partial charge is 0.147 e. The van der Waals surface area contributed by atoms with E-state index >= 15 is 0 Å². The number of anilines is 1. The normalized spacial score (nSPS) is 21.0. The Kier molecular flexibility index (Phi) is 5.70. The fraction of sp³-hybridized carbons (Fsp3) is 0.632. The van der Waals surface area contributed by atoms with Gasteiger partial charge >= 0.3 is 0 Å². The second-order valence-electron chi connectivity index (χ2n) is 7.11. The number of nitriles is 1. The number of piperazine rings is 1. The summed E-state index contributed by atoms with van der Waals surface area (Å²) in [7, 11) is 0. The highest BCUT2D eigenvalue weighted by Gasteiger charge is 2.24. The monoisotopic (exact) mass is 331 g/mol. The molecule has 3 rings (SSSR count). The van der Waals surface area contributed by atoms with Gasteiger partial charge < -0.3 is 10.0 Å². The lowest BCUT2D eigenvalue weighted by Crippen LogP contribution is -2.49. The molecule has 24 heavy (non-hydrogen) atoms. The Morgan fingerprint density at radius 2 is 1.92 bits per heavy atom. The van der Waals surface area contributed by atoms with E-state index in [4.69, 9.17) is 5.26 Å². The van der Waals surface area contributed by atoms with E-state index in [0.29, 0.717) is 17.2 Å². The van der Waals surface area contributed by atoms with Crippen LogP contribution in [0.3, 0.4) is 0 Å². The zero-order chi connectivity index (χ0) is 16.9. The Balaban J connectivity index is 1.48. The molecule has 1 aliphatic carbocycles. The van der Waals surface area contributed by atoms with E-state index < -0.39 is 0 Å². The largest absolute Gasteiger partial charge is 0.392 e. The minimum absolute atomic E-state index is 0.244. The van der Waals surface area contributed by atoms with Gasteiger partial charge in [0.25, 0.3) is 0 Å². The van der Waals surface area contributed by atoms with Crippen LogP contribution in [0.25, 0.3) is 0 Å². The molecule has 1 saturated carbocycles. The van der Waals surface area contributed by atoms with Gasteiger partial charge in [0.05, 0.1) is 23.4 Å². The molecule has 2 aliphatic rings. The van der Waals surface area contributed by atoms with Crippen molar-refractivity contribution in [3.8, 4) is 6.07 Å². The van der Waals surface area contributed by atoms with Crippen molar-refractivity contribution in [1.29, 1.82) is 5.26 Å². The highest BCUT2D eigenvalue weighted by Crippen LogP contribution is 2.29. The number of halogens is 1.